The third-order valence-electron chi connectivity index (χ3n) is 1.83. The molecule has 74 valence electrons. The van der Waals surface area contributed by atoms with Crippen molar-refractivity contribution in [1.82, 2.24) is 4.98 Å². The quantitative estimate of drug-likeness (QED) is 0.775. The number of thiophene rings is 1. The number of hydrogen-bond donors (Lipinski definition) is 0. The zero-order chi connectivity index (χ0) is 10.1. The molecular formula is C9H7BrClNOS. The zero-order valence-corrected chi connectivity index (χ0v) is 10.5. The fraction of sp³-hybridized carbons (Fsp3) is 0.222. The van der Waals surface area contributed by atoms with Gasteiger partial charge in [-0.1, -0.05) is 0 Å². The molecule has 0 fully saturated rings. The van der Waals surface area contributed by atoms with E-state index in [9.17, 15) is 0 Å². The van der Waals surface area contributed by atoms with Crippen molar-refractivity contribution >= 4 is 38.9 Å². The number of hydrogen-bond acceptors (Lipinski definition) is 3. The molecule has 0 aliphatic rings. The second kappa shape index (κ2) is 4.04. The normalized spacial score (nSPS) is 10.8. The van der Waals surface area contributed by atoms with Crippen LogP contribution in [0.5, 0.6) is 0 Å². The van der Waals surface area contributed by atoms with Gasteiger partial charge in [-0.15, -0.1) is 22.9 Å². The summed E-state index contributed by atoms with van der Waals surface area (Å²) in [5.74, 6) is 1.74. The number of aryl methyl sites for hydroxylation is 1. The average molecular weight is 293 g/mol. The van der Waals surface area contributed by atoms with Gasteiger partial charge in [-0.2, -0.15) is 0 Å². The van der Waals surface area contributed by atoms with E-state index in [2.05, 4.69) is 20.9 Å². The summed E-state index contributed by atoms with van der Waals surface area (Å²) in [5.41, 5.74) is 0.857. The maximum Gasteiger partial charge on any atom is 0.237 e. The number of halogens is 2. The molecule has 0 spiro atoms. The molecule has 5 heteroatoms. The van der Waals surface area contributed by atoms with E-state index in [1.165, 1.54) is 0 Å². The minimum atomic E-state index is 0.363. The van der Waals surface area contributed by atoms with Crippen molar-refractivity contribution in [2.24, 2.45) is 0 Å². The molecule has 0 unspecified atom stereocenters. The lowest BCUT2D eigenvalue weighted by atomic mass is 10.4. The number of nitrogens with zero attached hydrogens (tertiary/aromatic N) is 1. The van der Waals surface area contributed by atoms with Crippen LogP contribution in [0.15, 0.2) is 20.3 Å². The fourth-order valence-corrected chi connectivity index (χ4v) is 2.81. The van der Waals surface area contributed by atoms with Gasteiger partial charge in [0, 0.05) is 4.47 Å². The van der Waals surface area contributed by atoms with Gasteiger partial charge in [-0.05, 0) is 34.3 Å². The lowest BCUT2D eigenvalue weighted by Gasteiger charge is -1.89. The van der Waals surface area contributed by atoms with Gasteiger partial charge in [0.1, 0.15) is 10.6 Å². The van der Waals surface area contributed by atoms with Crippen LogP contribution in [0.3, 0.4) is 0 Å². The van der Waals surface area contributed by atoms with Crippen molar-refractivity contribution < 1.29 is 4.42 Å². The third-order valence-corrected chi connectivity index (χ3v) is 3.89. The van der Waals surface area contributed by atoms with Crippen molar-refractivity contribution in [3.63, 3.8) is 0 Å². The Kier molecular flexibility index (Phi) is 2.95. The molecule has 0 N–H and O–H groups in total. The van der Waals surface area contributed by atoms with Crippen molar-refractivity contribution in [1.29, 1.82) is 0 Å². The molecule has 0 aromatic carbocycles. The van der Waals surface area contributed by atoms with Crippen LogP contribution in [0.4, 0.5) is 0 Å². The number of aromatic nitrogens is 1. The molecule has 2 nitrogen and oxygen atoms in total. The van der Waals surface area contributed by atoms with Gasteiger partial charge in [-0.3, -0.25) is 0 Å². The number of oxazole rings is 1. The Balaban J connectivity index is 2.47. The fourth-order valence-electron chi connectivity index (χ4n) is 1.10. The number of alkyl halides is 1. The van der Waals surface area contributed by atoms with E-state index in [1.54, 1.807) is 11.3 Å². The van der Waals surface area contributed by atoms with Crippen LogP contribution >= 0.6 is 38.9 Å². The van der Waals surface area contributed by atoms with Crippen LogP contribution < -0.4 is 0 Å². The second-order valence-electron chi connectivity index (χ2n) is 2.76. The smallest absolute Gasteiger partial charge is 0.237 e. The minimum Gasteiger partial charge on any atom is -0.439 e. The summed E-state index contributed by atoms with van der Waals surface area (Å²) >= 11 is 10.7. The van der Waals surface area contributed by atoms with Gasteiger partial charge in [0.2, 0.25) is 5.89 Å². The molecule has 0 amide bonds. The van der Waals surface area contributed by atoms with Crippen LogP contribution in [0.2, 0.25) is 0 Å². The maximum absolute atomic E-state index is 5.70. The predicted octanol–water partition coefficient (Wildman–Crippen LogP) is 4.21. The van der Waals surface area contributed by atoms with E-state index in [4.69, 9.17) is 16.0 Å². The molecule has 0 saturated heterocycles. The van der Waals surface area contributed by atoms with Crippen molar-refractivity contribution in [2.75, 3.05) is 0 Å². The Labute approximate surface area is 99.0 Å². The van der Waals surface area contributed by atoms with Gasteiger partial charge < -0.3 is 4.42 Å². The Morgan fingerprint density at radius 1 is 1.64 bits per heavy atom. The lowest BCUT2D eigenvalue weighted by Crippen LogP contribution is -1.76. The molecule has 2 heterocycles. The molecule has 0 aliphatic carbocycles. The average Bonchev–Trinajstić information content (AvgIpc) is 2.71. The van der Waals surface area contributed by atoms with E-state index < -0.39 is 0 Å². The standard InChI is InChI=1S/C9H7BrClNOS/c1-5-7(4-11)13-9(12-5)8-6(10)2-3-14-8/h2-3H,4H2,1H3. The SMILES string of the molecule is Cc1nc(-c2sccc2Br)oc1CCl. The molecule has 2 aromatic heterocycles. The lowest BCUT2D eigenvalue weighted by molar-refractivity contribution is 0.537. The maximum atomic E-state index is 5.70. The highest BCUT2D eigenvalue weighted by atomic mass is 79.9. The topological polar surface area (TPSA) is 26.0 Å². The highest BCUT2D eigenvalue weighted by Gasteiger charge is 2.13. The summed E-state index contributed by atoms with van der Waals surface area (Å²) in [6.07, 6.45) is 0. The largest absolute Gasteiger partial charge is 0.439 e. The number of rotatable bonds is 2. The first-order chi connectivity index (χ1) is 6.72. The second-order valence-corrected chi connectivity index (χ2v) is 4.80. The molecule has 0 atom stereocenters. The molecule has 0 bridgehead atoms. The summed E-state index contributed by atoms with van der Waals surface area (Å²) in [6.45, 7) is 1.90. The van der Waals surface area contributed by atoms with Gasteiger partial charge in [0.05, 0.1) is 11.6 Å². The molecule has 14 heavy (non-hydrogen) atoms. The monoisotopic (exact) mass is 291 g/mol. The van der Waals surface area contributed by atoms with E-state index in [0.29, 0.717) is 11.8 Å². The van der Waals surface area contributed by atoms with Crippen LogP contribution in [-0.2, 0) is 5.88 Å². The van der Waals surface area contributed by atoms with E-state index in [1.807, 2.05) is 18.4 Å². The highest BCUT2D eigenvalue weighted by Crippen LogP contribution is 2.33. The van der Waals surface area contributed by atoms with Crippen molar-refractivity contribution in [3.8, 4) is 10.8 Å². The van der Waals surface area contributed by atoms with E-state index in [0.717, 1.165) is 20.8 Å². The Morgan fingerprint density at radius 2 is 2.43 bits per heavy atom. The van der Waals surface area contributed by atoms with Gasteiger partial charge in [-0.25, -0.2) is 4.98 Å². The van der Waals surface area contributed by atoms with Crippen LogP contribution in [0.25, 0.3) is 10.8 Å². The molecule has 0 aliphatic heterocycles. The first-order valence-corrected chi connectivity index (χ1v) is 6.18. The van der Waals surface area contributed by atoms with Crippen LogP contribution in [0.1, 0.15) is 11.5 Å². The van der Waals surface area contributed by atoms with Gasteiger partial charge in [0.15, 0.2) is 0 Å². The Bertz CT molecular complexity index is 451. The van der Waals surface area contributed by atoms with E-state index >= 15 is 0 Å². The summed E-state index contributed by atoms with van der Waals surface area (Å²) in [7, 11) is 0. The molecule has 2 aromatic rings. The molecule has 0 saturated carbocycles. The van der Waals surface area contributed by atoms with Crippen LogP contribution in [-0.4, -0.2) is 4.98 Å². The first kappa shape index (κ1) is 10.2. The van der Waals surface area contributed by atoms with Gasteiger partial charge >= 0.3 is 0 Å². The van der Waals surface area contributed by atoms with Crippen LogP contribution in [0, 0.1) is 6.92 Å². The van der Waals surface area contributed by atoms with Crippen molar-refractivity contribution in [3.05, 3.63) is 27.4 Å². The zero-order valence-electron chi connectivity index (χ0n) is 7.38. The Morgan fingerprint density at radius 3 is 2.93 bits per heavy atom. The van der Waals surface area contributed by atoms with Crippen molar-refractivity contribution in [2.45, 2.75) is 12.8 Å². The molecular weight excluding hydrogens is 286 g/mol. The summed E-state index contributed by atoms with van der Waals surface area (Å²) in [5, 5.41) is 1.99. The van der Waals surface area contributed by atoms with E-state index in [-0.39, 0.29) is 0 Å². The summed E-state index contributed by atoms with van der Waals surface area (Å²) in [4.78, 5) is 5.32. The minimum absolute atomic E-state index is 0.363. The predicted molar refractivity (Wildman–Crippen MR) is 61.8 cm³/mol. The molecule has 0 radical (unpaired) electrons. The highest BCUT2D eigenvalue weighted by molar-refractivity contribution is 9.10. The van der Waals surface area contributed by atoms with Gasteiger partial charge in [0.25, 0.3) is 0 Å². The summed E-state index contributed by atoms with van der Waals surface area (Å²) in [6, 6.07) is 1.97. The summed E-state index contributed by atoms with van der Waals surface area (Å²) < 4.78 is 6.53. The first-order valence-electron chi connectivity index (χ1n) is 3.98. The Hall–Kier alpha value is -0.320. The third kappa shape index (κ3) is 1.74. The molecule has 2 rings (SSSR count).